The summed E-state index contributed by atoms with van der Waals surface area (Å²) in [6.07, 6.45) is -3.24. The van der Waals surface area contributed by atoms with Gasteiger partial charge in [-0.25, -0.2) is 14.8 Å². The summed E-state index contributed by atoms with van der Waals surface area (Å²) in [7, 11) is 0. The average molecular weight is 425 g/mol. The molecule has 1 aromatic carbocycles. The molecule has 29 heavy (non-hydrogen) atoms. The first-order valence-electron chi connectivity index (χ1n) is 8.48. The summed E-state index contributed by atoms with van der Waals surface area (Å²) in [6.45, 7) is 3.37. The van der Waals surface area contributed by atoms with Crippen molar-refractivity contribution in [3.8, 4) is 22.6 Å². The Kier molecular flexibility index (Phi) is 5.52. The van der Waals surface area contributed by atoms with E-state index in [0.717, 1.165) is 12.1 Å². The average Bonchev–Trinajstić information content (AvgIpc) is 3.08. The number of hydrogen-bond donors (Lipinski definition) is 2. The molecule has 6 nitrogen and oxygen atoms in total. The van der Waals surface area contributed by atoms with Crippen molar-refractivity contribution in [3.63, 3.8) is 0 Å². The SMILES string of the molecule is CCOC(=O)c1cc(-c2nc(N)ncc2Cl)[nH]c1-c1cc(C(F)(F)F)ccc1C. The van der Waals surface area contributed by atoms with E-state index in [4.69, 9.17) is 22.1 Å². The minimum absolute atomic E-state index is 0.0477. The molecule has 0 fully saturated rings. The number of aromatic amines is 1. The molecule has 0 atom stereocenters. The quantitative estimate of drug-likeness (QED) is 0.582. The first-order valence-corrected chi connectivity index (χ1v) is 8.86. The fourth-order valence-electron chi connectivity index (χ4n) is 2.80. The molecule has 0 aliphatic rings. The molecule has 0 aliphatic carbocycles. The van der Waals surface area contributed by atoms with E-state index in [0.29, 0.717) is 11.3 Å². The second-order valence-corrected chi connectivity index (χ2v) is 6.55. The predicted molar refractivity (Wildman–Crippen MR) is 102 cm³/mol. The number of nitrogens with one attached hydrogen (secondary N) is 1. The van der Waals surface area contributed by atoms with E-state index in [1.165, 1.54) is 18.3 Å². The summed E-state index contributed by atoms with van der Waals surface area (Å²) in [4.78, 5) is 23.2. The molecule has 0 bridgehead atoms. The third-order valence-electron chi connectivity index (χ3n) is 4.17. The van der Waals surface area contributed by atoms with Crippen molar-refractivity contribution in [1.29, 1.82) is 0 Å². The molecule has 2 aromatic heterocycles. The molecule has 0 unspecified atom stereocenters. The lowest BCUT2D eigenvalue weighted by molar-refractivity contribution is -0.137. The Hall–Kier alpha value is -3.07. The van der Waals surface area contributed by atoms with E-state index < -0.39 is 17.7 Å². The Morgan fingerprint density at radius 3 is 2.69 bits per heavy atom. The second kappa shape index (κ2) is 7.75. The number of aromatic nitrogens is 3. The topological polar surface area (TPSA) is 93.9 Å². The van der Waals surface area contributed by atoms with Crippen LogP contribution in [0, 0.1) is 6.92 Å². The molecule has 3 rings (SSSR count). The molecule has 3 aromatic rings. The number of hydrogen-bond acceptors (Lipinski definition) is 5. The van der Waals surface area contributed by atoms with E-state index >= 15 is 0 Å². The van der Waals surface area contributed by atoms with Gasteiger partial charge < -0.3 is 15.5 Å². The largest absolute Gasteiger partial charge is 0.462 e. The second-order valence-electron chi connectivity index (χ2n) is 6.14. The summed E-state index contributed by atoms with van der Waals surface area (Å²) >= 11 is 6.13. The lowest BCUT2D eigenvalue weighted by Crippen LogP contribution is -2.07. The fraction of sp³-hybridized carbons (Fsp3) is 0.211. The zero-order chi connectivity index (χ0) is 21.3. The number of carbonyl (C=O) groups excluding carboxylic acids is 1. The van der Waals surface area contributed by atoms with Crippen molar-refractivity contribution in [2.75, 3.05) is 12.3 Å². The Labute approximate surface area is 168 Å². The number of H-pyrrole nitrogens is 1. The fourth-order valence-corrected chi connectivity index (χ4v) is 2.99. The Morgan fingerprint density at radius 2 is 2.03 bits per heavy atom. The minimum atomic E-state index is -4.54. The van der Waals surface area contributed by atoms with E-state index in [1.807, 2.05) is 0 Å². The van der Waals surface area contributed by atoms with Crippen LogP contribution in [-0.2, 0) is 10.9 Å². The van der Waals surface area contributed by atoms with E-state index in [1.54, 1.807) is 13.8 Å². The number of nitrogens with zero attached hydrogens (tertiary/aromatic N) is 2. The lowest BCUT2D eigenvalue weighted by Gasteiger charge is -2.12. The molecule has 3 N–H and O–H groups in total. The van der Waals surface area contributed by atoms with Crippen molar-refractivity contribution >= 4 is 23.5 Å². The number of aryl methyl sites for hydroxylation is 1. The highest BCUT2D eigenvalue weighted by Crippen LogP contribution is 2.37. The van der Waals surface area contributed by atoms with Crippen LogP contribution in [0.2, 0.25) is 5.02 Å². The third kappa shape index (κ3) is 4.19. The first-order chi connectivity index (χ1) is 13.6. The van der Waals surface area contributed by atoms with Gasteiger partial charge in [-0.2, -0.15) is 13.2 Å². The molecular weight excluding hydrogens is 409 g/mol. The molecule has 152 valence electrons. The molecule has 0 saturated heterocycles. The zero-order valence-electron chi connectivity index (χ0n) is 15.4. The summed E-state index contributed by atoms with van der Waals surface area (Å²) < 4.78 is 44.7. The maximum Gasteiger partial charge on any atom is 0.416 e. The van der Waals surface area contributed by atoms with Crippen LogP contribution in [0.5, 0.6) is 0 Å². The van der Waals surface area contributed by atoms with Gasteiger partial charge in [0.2, 0.25) is 5.95 Å². The number of carbonyl (C=O) groups is 1. The van der Waals surface area contributed by atoms with Crippen LogP contribution >= 0.6 is 11.6 Å². The minimum Gasteiger partial charge on any atom is -0.462 e. The molecule has 10 heteroatoms. The third-order valence-corrected chi connectivity index (χ3v) is 4.44. The van der Waals surface area contributed by atoms with Crippen LogP contribution in [0.4, 0.5) is 19.1 Å². The van der Waals surface area contributed by atoms with Gasteiger partial charge >= 0.3 is 12.1 Å². The molecule has 0 spiro atoms. The van der Waals surface area contributed by atoms with Gasteiger partial charge in [-0.15, -0.1) is 0 Å². The molecule has 2 heterocycles. The van der Waals surface area contributed by atoms with Crippen LogP contribution < -0.4 is 5.73 Å². The van der Waals surface area contributed by atoms with Crippen molar-refractivity contribution in [2.45, 2.75) is 20.0 Å². The number of halogens is 4. The highest BCUT2D eigenvalue weighted by atomic mass is 35.5. The molecule has 0 amide bonds. The van der Waals surface area contributed by atoms with Gasteiger partial charge in [0.05, 0.1) is 40.3 Å². The number of benzene rings is 1. The Bertz CT molecular complexity index is 1080. The van der Waals surface area contributed by atoms with Crippen LogP contribution in [0.1, 0.15) is 28.4 Å². The first kappa shape index (κ1) is 20.7. The summed E-state index contributed by atoms with van der Waals surface area (Å²) in [5, 5.41) is 0.156. The lowest BCUT2D eigenvalue weighted by atomic mass is 9.99. The Balaban J connectivity index is 2.24. The van der Waals surface area contributed by atoms with Crippen molar-refractivity contribution in [3.05, 3.63) is 52.2 Å². The molecule has 0 aliphatic heterocycles. The number of ether oxygens (including phenoxy) is 1. The van der Waals surface area contributed by atoms with Crippen LogP contribution in [-0.4, -0.2) is 27.5 Å². The van der Waals surface area contributed by atoms with Gasteiger partial charge in [-0.05, 0) is 37.6 Å². The van der Waals surface area contributed by atoms with Gasteiger partial charge in [0.15, 0.2) is 0 Å². The number of alkyl halides is 3. The summed E-state index contributed by atoms with van der Waals surface area (Å²) in [6, 6.07) is 4.71. The zero-order valence-corrected chi connectivity index (χ0v) is 16.1. The maximum absolute atomic E-state index is 13.2. The number of anilines is 1. The van der Waals surface area contributed by atoms with Gasteiger partial charge in [0.25, 0.3) is 0 Å². The van der Waals surface area contributed by atoms with Crippen molar-refractivity contribution in [1.82, 2.24) is 15.0 Å². The molecule has 0 radical (unpaired) electrons. The standard InChI is InChI=1S/C19H16ClF3N4O2/c1-3-29-17(28)12-7-14(16-13(20)8-25-18(24)27-16)26-15(12)11-6-10(19(21,22)23)5-4-9(11)2/h4-8,26H,3H2,1-2H3,(H2,24,25,27). The van der Waals surface area contributed by atoms with Gasteiger partial charge in [0.1, 0.15) is 5.69 Å². The smallest absolute Gasteiger partial charge is 0.416 e. The summed E-state index contributed by atoms with van der Waals surface area (Å²) in [5.41, 5.74) is 6.22. The van der Waals surface area contributed by atoms with E-state index in [-0.39, 0.29) is 40.1 Å². The van der Waals surface area contributed by atoms with Crippen molar-refractivity contribution in [2.24, 2.45) is 0 Å². The number of nitrogens with two attached hydrogens (primary N) is 1. The number of nitrogen functional groups attached to an aromatic ring is 1. The highest BCUT2D eigenvalue weighted by Gasteiger charge is 2.32. The van der Waals surface area contributed by atoms with E-state index in [2.05, 4.69) is 15.0 Å². The maximum atomic E-state index is 13.2. The highest BCUT2D eigenvalue weighted by molar-refractivity contribution is 6.32. The van der Waals surface area contributed by atoms with Crippen LogP contribution in [0.15, 0.2) is 30.5 Å². The number of rotatable bonds is 4. The van der Waals surface area contributed by atoms with Crippen LogP contribution in [0.25, 0.3) is 22.6 Å². The molecule has 0 saturated carbocycles. The van der Waals surface area contributed by atoms with Crippen molar-refractivity contribution < 1.29 is 22.7 Å². The van der Waals surface area contributed by atoms with E-state index in [9.17, 15) is 18.0 Å². The van der Waals surface area contributed by atoms with Crippen LogP contribution in [0.3, 0.4) is 0 Å². The van der Waals surface area contributed by atoms with Gasteiger partial charge in [-0.3, -0.25) is 0 Å². The Morgan fingerprint density at radius 1 is 1.31 bits per heavy atom. The summed E-state index contributed by atoms with van der Waals surface area (Å²) in [5.74, 6) is -0.742. The van der Waals surface area contributed by atoms with Gasteiger partial charge in [-0.1, -0.05) is 17.7 Å². The molecular formula is C19H16ClF3N4O2. The van der Waals surface area contributed by atoms with Gasteiger partial charge in [0, 0.05) is 5.56 Å². The monoisotopic (exact) mass is 424 g/mol. The number of esters is 1. The predicted octanol–water partition coefficient (Wildman–Crippen LogP) is 4.88. The normalized spacial score (nSPS) is 11.5.